The number of halogens is 2. The molecule has 1 aliphatic rings. The minimum absolute atomic E-state index is 0.0186. The van der Waals surface area contributed by atoms with Gasteiger partial charge in [-0.2, -0.15) is 10.1 Å². The van der Waals surface area contributed by atoms with E-state index >= 15 is 0 Å². The maximum atomic E-state index is 14.6. The van der Waals surface area contributed by atoms with Gasteiger partial charge in [-0.1, -0.05) is 6.07 Å². The number of anilines is 1. The summed E-state index contributed by atoms with van der Waals surface area (Å²) >= 11 is 3.43. The molecule has 5 rings (SSSR count). The quantitative estimate of drug-likeness (QED) is 0.476. The number of aromatic nitrogens is 5. The summed E-state index contributed by atoms with van der Waals surface area (Å²) < 4.78 is 16.7. The van der Waals surface area contributed by atoms with E-state index in [4.69, 9.17) is 0 Å². The van der Waals surface area contributed by atoms with Gasteiger partial charge in [0, 0.05) is 42.9 Å². The second kappa shape index (κ2) is 7.28. The molecule has 2 N–H and O–H groups in total. The van der Waals surface area contributed by atoms with Crippen LogP contribution in [-0.4, -0.2) is 43.7 Å². The Hall–Kier alpha value is -3.14. The highest BCUT2D eigenvalue weighted by Crippen LogP contribution is 2.31. The summed E-state index contributed by atoms with van der Waals surface area (Å²) in [5.74, 6) is 0.0914. The summed E-state index contributed by atoms with van der Waals surface area (Å²) in [5, 5.41) is 11.8. The Morgan fingerprint density at radius 1 is 1.30 bits per heavy atom. The van der Waals surface area contributed by atoms with Crippen LogP contribution in [0.2, 0.25) is 0 Å². The van der Waals surface area contributed by atoms with Crippen LogP contribution in [0.25, 0.3) is 27.6 Å². The average molecular weight is 470 g/mol. The fourth-order valence-electron chi connectivity index (χ4n) is 3.71. The minimum Gasteiger partial charge on any atom is -0.359 e. The minimum atomic E-state index is -0.426. The number of nitrogens with zero attached hydrogens (tertiary/aromatic N) is 5. The fraction of sp³-hybridized carbons (Fsp3) is 0.250. The zero-order valence-electron chi connectivity index (χ0n) is 15.9. The molecule has 0 radical (unpaired) electrons. The van der Waals surface area contributed by atoms with E-state index in [2.05, 4.69) is 46.6 Å². The molecule has 0 unspecified atom stereocenters. The summed E-state index contributed by atoms with van der Waals surface area (Å²) in [4.78, 5) is 24.7. The molecule has 1 aromatic carbocycles. The van der Waals surface area contributed by atoms with Gasteiger partial charge in [0.25, 0.3) is 0 Å². The van der Waals surface area contributed by atoms with Gasteiger partial charge < -0.3 is 10.6 Å². The fourth-order valence-corrected chi connectivity index (χ4v) is 4.15. The first kappa shape index (κ1) is 18.9. The summed E-state index contributed by atoms with van der Waals surface area (Å²) in [6.45, 7) is 0. The molecule has 152 valence electrons. The highest BCUT2D eigenvalue weighted by atomic mass is 79.9. The van der Waals surface area contributed by atoms with E-state index in [9.17, 15) is 9.18 Å². The van der Waals surface area contributed by atoms with Gasteiger partial charge in [0.2, 0.25) is 11.9 Å². The summed E-state index contributed by atoms with van der Waals surface area (Å²) in [7, 11) is 1.64. The first-order valence-electron chi connectivity index (χ1n) is 9.47. The van der Waals surface area contributed by atoms with Crippen molar-refractivity contribution < 1.29 is 9.18 Å². The number of nitrogens with one attached hydrogen (secondary N) is 2. The number of amides is 1. The molecular weight excluding hydrogens is 453 g/mol. The molecule has 1 fully saturated rings. The third-order valence-electron chi connectivity index (χ3n) is 5.36. The normalized spacial score (nSPS) is 18.4. The maximum absolute atomic E-state index is 14.6. The number of carbonyl (C=O) groups is 1. The summed E-state index contributed by atoms with van der Waals surface area (Å²) in [6, 6.07) is 6.91. The van der Waals surface area contributed by atoms with Crippen molar-refractivity contribution in [2.75, 3.05) is 12.4 Å². The number of benzene rings is 1. The van der Waals surface area contributed by atoms with E-state index in [0.717, 1.165) is 12.8 Å². The Labute approximate surface area is 179 Å². The number of fused-ring (bicyclic) bond motifs is 2. The van der Waals surface area contributed by atoms with E-state index in [1.54, 1.807) is 36.3 Å². The molecule has 30 heavy (non-hydrogen) atoms. The molecular formula is C20H17BrFN7O. The van der Waals surface area contributed by atoms with Crippen LogP contribution in [0, 0.1) is 11.7 Å². The number of rotatable bonds is 4. The molecule has 0 bridgehead atoms. The van der Waals surface area contributed by atoms with E-state index in [-0.39, 0.29) is 17.9 Å². The van der Waals surface area contributed by atoms with E-state index < -0.39 is 5.82 Å². The highest BCUT2D eigenvalue weighted by molar-refractivity contribution is 9.10. The van der Waals surface area contributed by atoms with Gasteiger partial charge in [0.1, 0.15) is 10.1 Å². The third kappa shape index (κ3) is 3.17. The lowest BCUT2D eigenvalue weighted by Gasteiger charge is -2.34. The number of hydrogen-bond donors (Lipinski definition) is 2. The predicted octanol–water partition coefficient (Wildman–Crippen LogP) is 3.20. The van der Waals surface area contributed by atoms with E-state index in [1.165, 1.54) is 6.07 Å². The van der Waals surface area contributed by atoms with Crippen molar-refractivity contribution in [3.63, 3.8) is 0 Å². The van der Waals surface area contributed by atoms with Crippen LogP contribution in [0.4, 0.5) is 10.3 Å². The van der Waals surface area contributed by atoms with Gasteiger partial charge in [-0.3, -0.25) is 9.78 Å². The molecule has 0 spiro atoms. The van der Waals surface area contributed by atoms with Gasteiger partial charge in [0.05, 0.1) is 11.1 Å². The smallest absolute Gasteiger partial charge is 0.224 e. The molecule has 0 atom stereocenters. The molecule has 1 saturated carbocycles. The van der Waals surface area contributed by atoms with Crippen molar-refractivity contribution in [2.24, 2.45) is 5.92 Å². The predicted molar refractivity (Wildman–Crippen MR) is 114 cm³/mol. The zero-order valence-corrected chi connectivity index (χ0v) is 17.5. The highest BCUT2D eigenvalue weighted by Gasteiger charge is 2.34. The van der Waals surface area contributed by atoms with Crippen LogP contribution in [-0.2, 0) is 4.79 Å². The lowest BCUT2D eigenvalue weighted by Crippen LogP contribution is -2.43. The first-order chi connectivity index (χ1) is 14.5. The summed E-state index contributed by atoms with van der Waals surface area (Å²) in [6.07, 6.45) is 4.69. The van der Waals surface area contributed by atoms with Crippen molar-refractivity contribution in [3.05, 3.63) is 47.1 Å². The zero-order chi connectivity index (χ0) is 20.8. The summed E-state index contributed by atoms with van der Waals surface area (Å²) in [5.41, 5.74) is 1.39. The van der Waals surface area contributed by atoms with Crippen LogP contribution in [0.5, 0.6) is 0 Å². The molecule has 1 amide bonds. The molecule has 4 aromatic rings. The number of hydrogen-bond acceptors (Lipinski definition) is 6. The van der Waals surface area contributed by atoms with Crippen LogP contribution in [0.3, 0.4) is 0 Å². The second-order valence-electron chi connectivity index (χ2n) is 7.26. The van der Waals surface area contributed by atoms with Crippen molar-refractivity contribution in [2.45, 2.75) is 18.9 Å². The molecule has 0 aliphatic heterocycles. The van der Waals surface area contributed by atoms with Crippen molar-refractivity contribution >= 4 is 49.7 Å². The van der Waals surface area contributed by atoms with Gasteiger partial charge in [-0.15, -0.1) is 0 Å². The Balaban J connectivity index is 1.49. The molecule has 3 heterocycles. The Morgan fingerprint density at radius 3 is 2.93 bits per heavy atom. The maximum Gasteiger partial charge on any atom is 0.224 e. The molecule has 1 aliphatic carbocycles. The topological polar surface area (TPSA) is 97.6 Å². The second-order valence-corrected chi connectivity index (χ2v) is 8.01. The molecule has 3 aromatic heterocycles. The number of carbonyl (C=O) groups excluding carboxylic acids is 1. The lowest BCUT2D eigenvalue weighted by atomic mass is 9.80. The first-order valence-corrected chi connectivity index (χ1v) is 10.3. The van der Waals surface area contributed by atoms with Gasteiger partial charge >= 0.3 is 0 Å². The SMILES string of the molecule is CNC(=O)[C@H]1C[C@H](Nc2ncc3c(Br)nn(-c4cc(F)c5ncccc5c4)c3n2)C1. The van der Waals surface area contributed by atoms with Crippen molar-refractivity contribution in [3.8, 4) is 5.69 Å². The Morgan fingerprint density at radius 2 is 2.13 bits per heavy atom. The standard InChI is InChI=1S/C20H17BrFN7O/c1-23-19(30)11-5-12(6-11)26-20-25-9-14-17(21)28-29(18(14)27-20)13-7-10-3-2-4-24-16(10)15(22)8-13/h2-4,7-9,11-12H,5-6H2,1H3,(H,23,30)(H,25,26,27)/t11-,12-. The molecule has 0 saturated heterocycles. The van der Waals surface area contributed by atoms with E-state index in [0.29, 0.717) is 38.2 Å². The Bertz CT molecular complexity index is 1290. The van der Waals surface area contributed by atoms with Crippen molar-refractivity contribution in [1.82, 2.24) is 30.0 Å². The largest absolute Gasteiger partial charge is 0.359 e. The lowest BCUT2D eigenvalue weighted by molar-refractivity contribution is -0.127. The Kier molecular flexibility index (Phi) is 4.58. The van der Waals surface area contributed by atoms with E-state index in [1.807, 2.05) is 6.07 Å². The van der Waals surface area contributed by atoms with Crippen LogP contribution < -0.4 is 10.6 Å². The molecule has 8 nitrogen and oxygen atoms in total. The van der Waals surface area contributed by atoms with Gasteiger partial charge in [-0.05, 0) is 40.9 Å². The third-order valence-corrected chi connectivity index (χ3v) is 5.94. The van der Waals surface area contributed by atoms with Crippen molar-refractivity contribution in [1.29, 1.82) is 0 Å². The molecule has 10 heteroatoms. The number of pyridine rings is 1. The monoisotopic (exact) mass is 469 g/mol. The van der Waals surface area contributed by atoms with Gasteiger partial charge in [-0.25, -0.2) is 14.1 Å². The van der Waals surface area contributed by atoms with Gasteiger partial charge in [0.15, 0.2) is 11.5 Å². The van der Waals surface area contributed by atoms with Crippen LogP contribution >= 0.6 is 15.9 Å². The van der Waals surface area contributed by atoms with Crippen LogP contribution in [0.15, 0.2) is 41.3 Å². The average Bonchev–Trinajstić information content (AvgIpc) is 3.06. The van der Waals surface area contributed by atoms with Crippen LogP contribution in [0.1, 0.15) is 12.8 Å².